The summed E-state index contributed by atoms with van der Waals surface area (Å²) in [7, 11) is 3.10. The summed E-state index contributed by atoms with van der Waals surface area (Å²) in [5.74, 6) is 0.161. The van der Waals surface area contributed by atoms with Gasteiger partial charge in [-0.25, -0.2) is 9.89 Å². The second kappa shape index (κ2) is 9.81. The van der Waals surface area contributed by atoms with E-state index in [1.54, 1.807) is 38.4 Å². The fraction of sp³-hybridized carbons (Fsp3) is 0.412. The lowest BCUT2D eigenvalue weighted by Crippen LogP contribution is -2.36. The van der Waals surface area contributed by atoms with Gasteiger partial charge in [0.15, 0.2) is 5.16 Å². The molecule has 0 radical (unpaired) electrons. The van der Waals surface area contributed by atoms with Crippen LogP contribution in [-0.4, -0.2) is 57.9 Å². The van der Waals surface area contributed by atoms with Gasteiger partial charge in [0.2, 0.25) is 11.8 Å². The average molecular weight is 393 g/mol. The smallest absolute Gasteiger partial charge is 0.343 e. The number of hydrogen-bond acceptors (Lipinski definition) is 6. The molecule has 146 valence electrons. The normalized spacial score (nSPS) is 10.5. The molecule has 2 aromatic rings. The highest BCUT2D eigenvalue weighted by atomic mass is 32.2. The minimum Gasteiger partial charge on any atom is -0.497 e. The van der Waals surface area contributed by atoms with Crippen molar-refractivity contribution in [3.05, 3.63) is 34.7 Å². The Kier molecular flexibility index (Phi) is 7.47. The van der Waals surface area contributed by atoms with Crippen molar-refractivity contribution in [3.8, 4) is 5.75 Å². The fourth-order valence-electron chi connectivity index (χ4n) is 2.28. The van der Waals surface area contributed by atoms with E-state index in [2.05, 4.69) is 15.5 Å². The second-order valence-corrected chi connectivity index (χ2v) is 6.72. The van der Waals surface area contributed by atoms with Crippen molar-refractivity contribution in [1.82, 2.24) is 19.7 Å². The molecule has 2 N–H and O–H groups in total. The van der Waals surface area contributed by atoms with E-state index in [9.17, 15) is 14.4 Å². The Morgan fingerprint density at radius 1 is 1.41 bits per heavy atom. The highest BCUT2D eigenvalue weighted by Crippen LogP contribution is 2.17. The van der Waals surface area contributed by atoms with Crippen LogP contribution in [0.15, 0.2) is 34.2 Å². The molecule has 0 saturated carbocycles. The molecule has 9 nitrogen and oxygen atoms in total. The third-order valence-electron chi connectivity index (χ3n) is 3.66. The largest absolute Gasteiger partial charge is 0.497 e. The van der Waals surface area contributed by atoms with E-state index in [1.165, 1.54) is 9.47 Å². The van der Waals surface area contributed by atoms with E-state index in [-0.39, 0.29) is 29.8 Å². The third kappa shape index (κ3) is 5.88. The van der Waals surface area contributed by atoms with Gasteiger partial charge in [-0.3, -0.25) is 14.2 Å². The minimum absolute atomic E-state index is 0.0803. The summed E-state index contributed by atoms with van der Waals surface area (Å²) in [5.41, 5.74) is 0.299. The predicted octanol–water partition coefficient (Wildman–Crippen LogP) is 1.18. The third-order valence-corrected chi connectivity index (χ3v) is 4.62. The Labute approximate surface area is 161 Å². The molecule has 10 heteroatoms. The zero-order valence-electron chi connectivity index (χ0n) is 15.5. The van der Waals surface area contributed by atoms with Gasteiger partial charge in [-0.1, -0.05) is 24.8 Å². The molecule has 1 heterocycles. The van der Waals surface area contributed by atoms with Crippen molar-refractivity contribution in [2.24, 2.45) is 0 Å². The number of ether oxygens (including phenoxy) is 1. The number of nitrogens with zero attached hydrogens (tertiary/aromatic N) is 3. The van der Waals surface area contributed by atoms with Crippen LogP contribution in [-0.2, 0) is 16.1 Å². The highest BCUT2D eigenvalue weighted by molar-refractivity contribution is 7.99. The Morgan fingerprint density at radius 3 is 2.89 bits per heavy atom. The van der Waals surface area contributed by atoms with Gasteiger partial charge in [0.1, 0.15) is 5.75 Å². The lowest BCUT2D eigenvalue weighted by Gasteiger charge is -2.16. The summed E-state index contributed by atoms with van der Waals surface area (Å²) in [4.78, 5) is 37.4. The molecule has 2 rings (SSSR count). The number of amides is 2. The van der Waals surface area contributed by atoms with Crippen molar-refractivity contribution in [1.29, 1.82) is 0 Å². The number of anilines is 1. The lowest BCUT2D eigenvalue weighted by atomic mass is 10.3. The predicted molar refractivity (Wildman–Crippen MR) is 103 cm³/mol. The number of hydrogen-bond donors (Lipinski definition) is 2. The summed E-state index contributed by atoms with van der Waals surface area (Å²) in [6, 6.07) is 6.97. The standard InChI is InChI=1S/C17H23N5O4S/c1-4-8-22-16(25)19-20-17(22)27-11-15(24)21(2)10-14(23)18-12-6-5-7-13(9-12)26-3/h5-7,9H,4,8,10-11H2,1-3H3,(H,18,23)(H,19,25). The van der Waals surface area contributed by atoms with E-state index >= 15 is 0 Å². The van der Waals surface area contributed by atoms with Gasteiger partial charge in [-0.05, 0) is 18.6 Å². The maximum Gasteiger partial charge on any atom is 0.343 e. The van der Waals surface area contributed by atoms with Gasteiger partial charge in [-0.2, -0.15) is 0 Å². The number of nitrogens with one attached hydrogen (secondary N) is 2. The van der Waals surface area contributed by atoms with Crippen LogP contribution in [0.5, 0.6) is 5.75 Å². The van der Waals surface area contributed by atoms with Crippen molar-refractivity contribution in [2.75, 3.05) is 31.8 Å². The molecule has 2 amide bonds. The maximum absolute atomic E-state index is 12.3. The van der Waals surface area contributed by atoms with E-state index < -0.39 is 0 Å². The molecular weight excluding hydrogens is 370 g/mol. The van der Waals surface area contributed by atoms with Gasteiger partial charge >= 0.3 is 5.69 Å². The number of carbonyl (C=O) groups excluding carboxylic acids is 2. The number of methoxy groups -OCH3 is 1. The van der Waals surface area contributed by atoms with Crippen LogP contribution >= 0.6 is 11.8 Å². The van der Waals surface area contributed by atoms with Crippen LogP contribution < -0.4 is 15.7 Å². The van der Waals surface area contributed by atoms with Crippen molar-refractivity contribution >= 4 is 29.3 Å². The number of aromatic amines is 1. The zero-order chi connectivity index (χ0) is 19.8. The Balaban J connectivity index is 1.86. The molecule has 0 atom stereocenters. The number of aromatic nitrogens is 3. The van der Waals surface area contributed by atoms with Crippen LogP contribution in [0.2, 0.25) is 0 Å². The molecule has 0 unspecified atom stereocenters. The number of benzene rings is 1. The molecule has 0 aliphatic rings. The number of H-pyrrole nitrogens is 1. The SMILES string of the molecule is CCCn1c(SCC(=O)N(C)CC(=O)Nc2cccc(OC)c2)n[nH]c1=O. The van der Waals surface area contributed by atoms with E-state index in [0.29, 0.717) is 23.1 Å². The van der Waals surface area contributed by atoms with Crippen LogP contribution in [0.25, 0.3) is 0 Å². The second-order valence-electron chi connectivity index (χ2n) is 5.78. The summed E-state index contributed by atoms with van der Waals surface area (Å²) >= 11 is 1.16. The Hall–Kier alpha value is -2.75. The number of thioether (sulfide) groups is 1. The van der Waals surface area contributed by atoms with Crippen LogP contribution in [0.3, 0.4) is 0 Å². The topological polar surface area (TPSA) is 109 Å². The summed E-state index contributed by atoms with van der Waals surface area (Å²) in [6.07, 6.45) is 0.783. The van der Waals surface area contributed by atoms with Crippen LogP contribution in [0, 0.1) is 0 Å². The first kappa shape index (κ1) is 20.6. The molecule has 0 aliphatic carbocycles. The fourth-order valence-corrected chi connectivity index (χ4v) is 3.19. The van der Waals surface area contributed by atoms with E-state index in [0.717, 1.165) is 18.2 Å². The van der Waals surface area contributed by atoms with Crippen molar-refractivity contribution in [3.63, 3.8) is 0 Å². The van der Waals surface area contributed by atoms with Crippen LogP contribution in [0.4, 0.5) is 5.69 Å². The first-order valence-corrected chi connectivity index (χ1v) is 9.39. The van der Waals surface area contributed by atoms with Crippen LogP contribution in [0.1, 0.15) is 13.3 Å². The minimum atomic E-state index is -0.313. The molecule has 0 spiro atoms. The molecule has 0 bridgehead atoms. The van der Waals surface area contributed by atoms with Gasteiger partial charge in [0, 0.05) is 25.3 Å². The van der Waals surface area contributed by atoms with Gasteiger partial charge in [-0.15, -0.1) is 5.10 Å². The first-order valence-electron chi connectivity index (χ1n) is 8.40. The van der Waals surface area contributed by atoms with Gasteiger partial charge in [0.25, 0.3) is 0 Å². The molecule has 1 aromatic carbocycles. The molecule has 1 aromatic heterocycles. The highest BCUT2D eigenvalue weighted by Gasteiger charge is 2.16. The monoisotopic (exact) mass is 393 g/mol. The summed E-state index contributed by atoms with van der Waals surface area (Å²) in [5, 5.41) is 9.49. The molecule has 27 heavy (non-hydrogen) atoms. The van der Waals surface area contributed by atoms with Crippen molar-refractivity contribution < 1.29 is 14.3 Å². The first-order chi connectivity index (χ1) is 12.9. The van der Waals surface area contributed by atoms with Gasteiger partial charge < -0.3 is 15.0 Å². The zero-order valence-corrected chi connectivity index (χ0v) is 16.3. The molecule has 0 fully saturated rings. The van der Waals surface area contributed by atoms with Crippen molar-refractivity contribution in [2.45, 2.75) is 25.0 Å². The maximum atomic E-state index is 12.3. The van der Waals surface area contributed by atoms with E-state index in [1.807, 2.05) is 6.92 Å². The average Bonchev–Trinajstić information content (AvgIpc) is 3.00. The number of carbonyl (C=O) groups is 2. The number of likely N-dealkylation sites (N-methyl/N-ethyl adjacent to an activating group) is 1. The van der Waals surface area contributed by atoms with E-state index in [4.69, 9.17) is 4.74 Å². The van der Waals surface area contributed by atoms with Gasteiger partial charge in [0.05, 0.1) is 19.4 Å². The Morgan fingerprint density at radius 2 is 2.19 bits per heavy atom. The quantitative estimate of drug-likeness (QED) is 0.619. The summed E-state index contributed by atoms with van der Waals surface area (Å²) < 4.78 is 6.60. The molecular formula is C17H23N5O4S. The lowest BCUT2D eigenvalue weighted by molar-refractivity contribution is -0.131. The number of rotatable bonds is 9. The molecule has 0 saturated heterocycles. The Bertz CT molecular complexity index is 848. The summed E-state index contributed by atoms with van der Waals surface area (Å²) in [6.45, 7) is 2.40. The molecule has 0 aliphatic heterocycles.